The van der Waals surface area contributed by atoms with E-state index in [0.717, 1.165) is 16.8 Å². The van der Waals surface area contributed by atoms with E-state index in [1.165, 1.54) is 0 Å². The summed E-state index contributed by atoms with van der Waals surface area (Å²) in [5.41, 5.74) is 4.34. The first-order valence-electron chi connectivity index (χ1n) is 10.6. The fraction of sp³-hybridized carbons (Fsp3) is 0.320. The van der Waals surface area contributed by atoms with Gasteiger partial charge in [-0.3, -0.25) is 4.79 Å². The van der Waals surface area contributed by atoms with Gasteiger partial charge in [0.1, 0.15) is 0 Å². The first kappa shape index (κ1) is 23.5. The number of amides is 1. The Morgan fingerprint density at radius 3 is 2.50 bits per heavy atom. The van der Waals surface area contributed by atoms with E-state index >= 15 is 0 Å². The molecule has 32 heavy (non-hydrogen) atoms. The summed E-state index contributed by atoms with van der Waals surface area (Å²) in [6.07, 6.45) is 0. The Bertz CT molecular complexity index is 1060. The van der Waals surface area contributed by atoms with E-state index in [4.69, 9.17) is 17.0 Å². The van der Waals surface area contributed by atoms with Gasteiger partial charge in [-0.1, -0.05) is 43.7 Å². The maximum Gasteiger partial charge on any atom is 0.338 e. The topological polar surface area (TPSA) is 70.7 Å². The third kappa shape index (κ3) is 5.34. The van der Waals surface area contributed by atoms with Crippen LogP contribution in [0.5, 0.6) is 0 Å². The maximum absolute atomic E-state index is 13.0. The number of hydrogen-bond donors (Lipinski definition) is 2. The number of ether oxygens (including phenoxy) is 1. The lowest BCUT2D eigenvalue weighted by atomic mass is 9.94. The number of thiocarbonyl (C=S) groups is 1. The number of aryl methyl sites for hydroxylation is 1. The summed E-state index contributed by atoms with van der Waals surface area (Å²) in [6.45, 7) is 8.15. The second kappa shape index (κ2) is 9.96. The molecule has 1 amide bonds. The van der Waals surface area contributed by atoms with Crippen LogP contribution in [0.25, 0.3) is 0 Å². The molecule has 3 rings (SSSR count). The van der Waals surface area contributed by atoms with Crippen LogP contribution >= 0.6 is 12.2 Å². The summed E-state index contributed by atoms with van der Waals surface area (Å²) >= 11 is 5.46. The standard InChI is InChI=1S/C25H29N3O3S/c1-15(2)14-31-24(30)21-17(4)28(5)25(32)27-22(21)19-7-6-8-20(13-19)26-23(29)18-11-9-16(3)10-12-18/h6-13,15,22H,14H2,1-5H3,(H,26,29)(H,27,32)/t22-/m0/s1. The lowest BCUT2D eigenvalue weighted by molar-refractivity contribution is -0.140. The number of anilines is 1. The third-order valence-corrected chi connectivity index (χ3v) is 5.70. The monoisotopic (exact) mass is 451 g/mol. The van der Waals surface area contributed by atoms with Gasteiger partial charge in [0.25, 0.3) is 5.91 Å². The van der Waals surface area contributed by atoms with Crippen molar-refractivity contribution in [3.8, 4) is 0 Å². The van der Waals surface area contributed by atoms with Crippen molar-refractivity contribution in [1.82, 2.24) is 10.2 Å². The lowest BCUT2D eigenvalue weighted by Crippen LogP contribution is -2.46. The Hall–Kier alpha value is -3.19. The van der Waals surface area contributed by atoms with Crippen LogP contribution in [0.3, 0.4) is 0 Å². The number of nitrogens with one attached hydrogen (secondary N) is 2. The predicted molar refractivity (Wildman–Crippen MR) is 130 cm³/mol. The molecule has 0 aromatic heterocycles. The van der Waals surface area contributed by atoms with E-state index in [2.05, 4.69) is 10.6 Å². The highest BCUT2D eigenvalue weighted by Gasteiger charge is 2.33. The van der Waals surface area contributed by atoms with Gasteiger partial charge in [0, 0.05) is 24.0 Å². The first-order chi connectivity index (χ1) is 15.2. The van der Waals surface area contributed by atoms with Crippen LogP contribution in [0.4, 0.5) is 5.69 Å². The van der Waals surface area contributed by atoms with Gasteiger partial charge in [-0.05, 0) is 61.8 Å². The average molecular weight is 452 g/mol. The van der Waals surface area contributed by atoms with E-state index in [1.54, 1.807) is 17.0 Å². The number of benzene rings is 2. The van der Waals surface area contributed by atoms with Crippen molar-refractivity contribution in [1.29, 1.82) is 0 Å². The largest absolute Gasteiger partial charge is 0.462 e. The van der Waals surface area contributed by atoms with E-state index < -0.39 is 6.04 Å². The molecule has 1 aliphatic heterocycles. The molecule has 0 aliphatic carbocycles. The molecule has 6 nitrogen and oxygen atoms in total. The molecule has 168 valence electrons. The van der Waals surface area contributed by atoms with Crippen molar-refractivity contribution < 1.29 is 14.3 Å². The molecule has 0 spiro atoms. The minimum atomic E-state index is -0.477. The van der Waals surface area contributed by atoms with Gasteiger partial charge in [0.05, 0.1) is 18.2 Å². The molecule has 2 N–H and O–H groups in total. The van der Waals surface area contributed by atoms with E-state index in [1.807, 2.05) is 71.1 Å². The first-order valence-corrected chi connectivity index (χ1v) is 11.0. The molecule has 0 bridgehead atoms. The fourth-order valence-electron chi connectivity index (χ4n) is 3.37. The highest BCUT2D eigenvalue weighted by Crippen LogP contribution is 2.32. The summed E-state index contributed by atoms with van der Waals surface area (Å²) < 4.78 is 5.53. The quantitative estimate of drug-likeness (QED) is 0.495. The minimum Gasteiger partial charge on any atom is -0.462 e. The summed E-state index contributed by atoms with van der Waals surface area (Å²) in [6, 6.07) is 14.3. The molecular weight excluding hydrogens is 422 g/mol. The number of rotatable bonds is 6. The summed E-state index contributed by atoms with van der Waals surface area (Å²) in [5, 5.41) is 6.68. The van der Waals surface area contributed by atoms with Crippen molar-refractivity contribution in [2.45, 2.75) is 33.7 Å². The molecule has 0 fully saturated rings. The Labute approximate surface area is 194 Å². The summed E-state index contributed by atoms with van der Waals surface area (Å²) in [4.78, 5) is 27.4. The minimum absolute atomic E-state index is 0.197. The zero-order chi connectivity index (χ0) is 23.4. The number of nitrogens with zero attached hydrogens (tertiary/aromatic N) is 1. The van der Waals surface area contributed by atoms with Crippen LogP contribution in [0.2, 0.25) is 0 Å². The van der Waals surface area contributed by atoms with Crippen molar-refractivity contribution in [2.24, 2.45) is 5.92 Å². The molecule has 0 unspecified atom stereocenters. The predicted octanol–water partition coefficient (Wildman–Crippen LogP) is 4.58. The van der Waals surface area contributed by atoms with Crippen molar-refractivity contribution in [3.63, 3.8) is 0 Å². The molecule has 7 heteroatoms. The van der Waals surface area contributed by atoms with Crippen LogP contribution in [0.1, 0.15) is 48.3 Å². The Morgan fingerprint density at radius 1 is 1.16 bits per heavy atom. The number of allylic oxidation sites excluding steroid dienone is 1. The van der Waals surface area contributed by atoms with Crippen molar-refractivity contribution >= 4 is 34.9 Å². The van der Waals surface area contributed by atoms with Crippen LogP contribution < -0.4 is 10.6 Å². The van der Waals surface area contributed by atoms with Gasteiger partial charge < -0.3 is 20.3 Å². The second-order valence-corrected chi connectivity index (χ2v) is 8.77. The zero-order valence-corrected chi connectivity index (χ0v) is 19.9. The molecule has 1 aliphatic rings. The van der Waals surface area contributed by atoms with E-state index in [-0.39, 0.29) is 17.8 Å². The van der Waals surface area contributed by atoms with Crippen LogP contribution in [-0.2, 0) is 9.53 Å². The smallest absolute Gasteiger partial charge is 0.338 e. The number of carbonyl (C=O) groups is 2. The van der Waals surface area contributed by atoms with Crippen molar-refractivity contribution in [3.05, 3.63) is 76.5 Å². The van der Waals surface area contributed by atoms with Gasteiger partial charge in [-0.15, -0.1) is 0 Å². The Balaban J connectivity index is 1.89. The van der Waals surface area contributed by atoms with Gasteiger partial charge in [-0.25, -0.2) is 4.79 Å². The molecular formula is C25H29N3O3S. The molecule has 0 saturated carbocycles. The highest BCUT2D eigenvalue weighted by atomic mass is 32.1. The van der Waals surface area contributed by atoms with Crippen LogP contribution in [0.15, 0.2) is 59.8 Å². The normalized spacial score (nSPS) is 16.1. The van der Waals surface area contributed by atoms with Gasteiger partial charge in [0.2, 0.25) is 0 Å². The van der Waals surface area contributed by atoms with Gasteiger partial charge >= 0.3 is 5.97 Å². The maximum atomic E-state index is 13.0. The number of hydrogen-bond acceptors (Lipinski definition) is 4. The SMILES string of the molecule is CC1=C(C(=O)OCC(C)C)[C@H](c2cccc(NC(=O)c3ccc(C)cc3)c2)NC(=S)N1C. The lowest BCUT2D eigenvalue weighted by Gasteiger charge is -2.35. The van der Waals surface area contributed by atoms with Crippen LogP contribution in [-0.4, -0.2) is 35.5 Å². The summed E-state index contributed by atoms with van der Waals surface area (Å²) in [7, 11) is 1.81. The average Bonchev–Trinajstić information content (AvgIpc) is 2.76. The second-order valence-electron chi connectivity index (χ2n) is 8.38. The van der Waals surface area contributed by atoms with Gasteiger partial charge in [0.15, 0.2) is 5.11 Å². The molecule has 2 aromatic carbocycles. The molecule has 1 atom stereocenters. The Morgan fingerprint density at radius 2 is 1.84 bits per heavy atom. The molecule has 0 saturated heterocycles. The summed E-state index contributed by atoms with van der Waals surface area (Å²) in [5.74, 6) is -0.344. The number of carbonyl (C=O) groups excluding carboxylic acids is 2. The number of esters is 1. The van der Waals surface area contributed by atoms with Gasteiger partial charge in [-0.2, -0.15) is 0 Å². The third-order valence-electron chi connectivity index (χ3n) is 5.31. The highest BCUT2D eigenvalue weighted by molar-refractivity contribution is 7.80. The Kier molecular flexibility index (Phi) is 7.30. The van der Waals surface area contributed by atoms with E-state index in [9.17, 15) is 9.59 Å². The molecule has 1 heterocycles. The zero-order valence-electron chi connectivity index (χ0n) is 19.1. The molecule has 0 radical (unpaired) electrons. The fourth-order valence-corrected chi connectivity index (χ4v) is 3.63. The van der Waals surface area contributed by atoms with E-state index in [0.29, 0.717) is 28.5 Å². The van der Waals surface area contributed by atoms with Crippen LogP contribution in [0, 0.1) is 12.8 Å². The molecule has 2 aromatic rings. The van der Waals surface area contributed by atoms with Crippen molar-refractivity contribution in [2.75, 3.05) is 19.0 Å².